The van der Waals surface area contributed by atoms with Crippen LogP contribution in [0.15, 0.2) is 173 Å². The molecule has 242 valence electrons. The largest absolute Gasteiger partial charge is 0.268 e. The summed E-state index contributed by atoms with van der Waals surface area (Å²) in [6, 6.07) is 52.4. The van der Waals surface area contributed by atoms with Crippen molar-refractivity contribution in [2.75, 3.05) is 0 Å². The molecule has 7 nitrogen and oxygen atoms in total. The van der Waals surface area contributed by atoms with E-state index >= 15 is 0 Å². The molecule has 0 N–H and O–H groups in total. The highest BCUT2D eigenvalue weighted by Crippen LogP contribution is 2.40. The van der Waals surface area contributed by atoms with Crippen molar-refractivity contribution in [3.8, 4) is 55.2 Å². The van der Waals surface area contributed by atoms with E-state index in [0.717, 1.165) is 27.8 Å². The average Bonchev–Trinajstić information content (AvgIpc) is 3.69. The smallest absolute Gasteiger partial charge is 0.266 e. The summed E-state index contributed by atoms with van der Waals surface area (Å²) in [5, 5.41) is 12.0. The lowest BCUT2D eigenvalue weighted by molar-refractivity contribution is 0.945. The van der Waals surface area contributed by atoms with Crippen molar-refractivity contribution in [3.05, 3.63) is 184 Å². The fraction of sp³-hybridized carbons (Fsp3) is 0. The molecule has 8 heteroatoms. The van der Waals surface area contributed by atoms with E-state index in [1.165, 1.54) is 11.3 Å². The summed E-state index contributed by atoms with van der Waals surface area (Å²) in [5.41, 5.74) is 5.76. The highest BCUT2D eigenvalue weighted by atomic mass is 32.1. The summed E-state index contributed by atoms with van der Waals surface area (Å²) in [6.45, 7) is 0. The van der Waals surface area contributed by atoms with Gasteiger partial charge in [-0.25, -0.2) is 9.55 Å². The van der Waals surface area contributed by atoms with Crippen molar-refractivity contribution in [1.29, 1.82) is 0 Å². The Morgan fingerprint density at radius 3 is 1.73 bits per heavy atom. The van der Waals surface area contributed by atoms with E-state index in [9.17, 15) is 9.59 Å². The Kier molecular flexibility index (Phi) is 7.48. The number of para-hydroxylation sites is 1. The van der Waals surface area contributed by atoms with Gasteiger partial charge in [0, 0.05) is 22.1 Å². The van der Waals surface area contributed by atoms with Crippen LogP contribution in [0.25, 0.3) is 76.8 Å². The molecule has 0 aliphatic carbocycles. The van der Waals surface area contributed by atoms with Crippen LogP contribution in [0.2, 0.25) is 0 Å². The zero-order valence-corrected chi connectivity index (χ0v) is 27.9. The monoisotopic (exact) mass is 677 g/mol. The van der Waals surface area contributed by atoms with Crippen molar-refractivity contribution < 1.29 is 0 Å². The van der Waals surface area contributed by atoms with Gasteiger partial charge in [0.2, 0.25) is 5.13 Å². The molecule has 0 saturated carbocycles. The number of benzene rings is 6. The van der Waals surface area contributed by atoms with Gasteiger partial charge in [-0.05, 0) is 46.8 Å². The second-order valence-electron chi connectivity index (χ2n) is 12.0. The van der Waals surface area contributed by atoms with Crippen LogP contribution >= 0.6 is 11.3 Å². The van der Waals surface area contributed by atoms with Crippen LogP contribution in [0.4, 0.5) is 0 Å². The Morgan fingerprint density at radius 2 is 1.04 bits per heavy atom. The Labute approximate surface area is 296 Å². The summed E-state index contributed by atoms with van der Waals surface area (Å²) in [4.78, 5) is 34.2. The van der Waals surface area contributed by atoms with Gasteiger partial charge < -0.3 is 0 Å². The summed E-state index contributed by atoms with van der Waals surface area (Å²) in [5.74, 6) is 0.513. The molecular weight excluding hydrogens is 651 g/mol. The van der Waals surface area contributed by atoms with Gasteiger partial charge in [-0.2, -0.15) is 0 Å². The third-order valence-electron chi connectivity index (χ3n) is 8.97. The molecule has 0 unspecified atom stereocenters. The molecular formula is C43H27N5O2S. The number of rotatable bonds is 6. The first-order valence-corrected chi connectivity index (χ1v) is 17.3. The van der Waals surface area contributed by atoms with Gasteiger partial charge in [-0.1, -0.05) is 145 Å². The van der Waals surface area contributed by atoms with Crippen molar-refractivity contribution in [1.82, 2.24) is 24.3 Å². The van der Waals surface area contributed by atoms with E-state index in [0.29, 0.717) is 49.0 Å². The van der Waals surface area contributed by atoms with Gasteiger partial charge in [-0.3, -0.25) is 14.2 Å². The number of aromatic nitrogens is 5. The summed E-state index contributed by atoms with van der Waals surface area (Å²) in [7, 11) is 0. The van der Waals surface area contributed by atoms with Crippen LogP contribution in [-0.2, 0) is 0 Å². The molecule has 0 bridgehead atoms. The molecule has 9 aromatic rings. The van der Waals surface area contributed by atoms with Crippen molar-refractivity contribution in [2.24, 2.45) is 0 Å². The van der Waals surface area contributed by atoms with Crippen LogP contribution in [0, 0.1) is 0 Å². The number of pyridine rings is 1. The molecule has 51 heavy (non-hydrogen) atoms. The van der Waals surface area contributed by atoms with Gasteiger partial charge in [0.1, 0.15) is 10.8 Å². The maximum absolute atomic E-state index is 14.9. The summed E-state index contributed by atoms with van der Waals surface area (Å²) in [6.07, 6.45) is 0. The minimum absolute atomic E-state index is 0.195. The predicted octanol–water partition coefficient (Wildman–Crippen LogP) is 9.21. The highest BCUT2D eigenvalue weighted by molar-refractivity contribution is 7.17. The predicted molar refractivity (Wildman–Crippen MR) is 206 cm³/mol. The lowest BCUT2D eigenvalue weighted by Gasteiger charge is -2.20. The van der Waals surface area contributed by atoms with Crippen molar-refractivity contribution in [3.63, 3.8) is 0 Å². The first-order valence-electron chi connectivity index (χ1n) is 16.5. The second-order valence-corrected chi connectivity index (χ2v) is 13.0. The normalized spacial score (nSPS) is 11.3. The third-order valence-corrected chi connectivity index (χ3v) is 9.93. The van der Waals surface area contributed by atoms with Crippen LogP contribution in [0.1, 0.15) is 0 Å². The average molecular weight is 678 g/mol. The lowest BCUT2D eigenvalue weighted by atomic mass is 9.93. The summed E-state index contributed by atoms with van der Waals surface area (Å²) >= 11 is 1.36. The molecule has 3 aromatic heterocycles. The topological polar surface area (TPSA) is 82.7 Å². The first kappa shape index (κ1) is 30.3. The van der Waals surface area contributed by atoms with Gasteiger partial charge in [0.15, 0.2) is 0 Å². The van der Waals surface area contributed by atoms with Gasteiger partial charge >= 0.3 is 0 Å². The zero-order chi connectivity index (χ0) is 34.3. The first-order chi connectivity index (χ1) is 25.2. The Morgan fingerprint density at radius 1 is 0.471 bits per heavy atom. The Hall–Kier alpha value is -6.77. The van der Waals surface area contributed by atoms with Crippen LogP contribution in [-0.4, -0.2) is 24.3 Å². The maximum atomic E-state index is 14.9. The zero-order valence-electron chi connectivity index (χ0n) is 27.0. The third kappa shape index (κ3) is 5.26. The fourth-order valence-electron chi connectivity index (χ4n) is 6.63. The van der Waals surface area contributed by atoms with Gasteiger partial charge in [0.25, 0.3) is 11.1 Å². The van der Waals surface area contributed by atoms with Gasteiger partial charge in [0.05, 0.1) is 22.3 Å². The number of fused-ring (bicyclic) bond motifs is 2. The molecule has 0 aliphatic rings. The highest BCUT2D eigenvalue weighted by Gasteiger charge is 2.24. The van der Waals surface area contributed by atoms with E-state index in [-0.39, 0.29) is 11.1 Å². The van der Waals surface area contributed by atoms with Gasteiger partial charge in [-0.15, -0.1) is 10.2 Å². The molecule has 0 aliphatic heterocycles. The van der Waals surface area contributed by atoms with E-state index in [4.69, 9.17) is 4.98 Å². The Balaban J connectivity index is 1.39. The molecule has 0 amide bonds. The standard InChI is InChI=1S/C43H27N5O2S/c49-41-33-26-25-32(47-39(30-19-9-3-10-20-30)44-36-24-14-13-23-34(36)42(47)50)27-35(33)37(28-15-5-1-6-16-28)38(29-17-7-2-8-18-29)48(41)43-46-45-40(51-43)31-21-11-4-12-22-31/h1-27H. The van der Waals surface area contributed by atoms with E-state index < -0.39 is 0 Å². The van der Waals surface area contributed by atoms with Crippen molar-refractivity contribution in [2.45, 2.75) is 0 Å². The SMILES string of the molecule is O=c1c2ccccc2nc(-c2ccccc2)n1-c1ccc2c(=O)n(-c3nnc(-c4ccccc4)s3)c(-c3ccccc3)c(-c3ccccc3)c2c1. The van der Waals surface area contributed by atoms with Crippen molar-refractivity contribution >= 4 is 33.0 Å². The van der Waals surface area contributed by atoms with E-state index in [1.807, 2.05) is 152 Å². The van der Waals surface area contributed by atoms with Crippen LogP contribution in [0.3, 0.4) is 0 Å². The molecule has 0 saturated heterocycles. The molecule has 0 spiro atoms. The lowest BCUT2D eigenvalue weighted by Crippen LogP contribution is -2.23. The number of nitrogens with zero attached hydrogens (tertiary/aromatic N) is 5. The molecule has 9 rings (SSSR count). The Bertz CT molecular complexity index is 2830. The molecule has 0 radical (unpaired) electrons. The second kappa shape index (κ2) is 12.6. The van der Waals surface area contributed by atoms with E-state index in [1.54, 1.807) is 21.3 Å². The molecule has 3 heterocycles. The molecule has 0 atom stereocenters. The molecule has 0 fully saturated rings. The summed E-state index contributed by atoms with van der Waals surface area (Å²) < 4.78 is 3.33. The maximum Gasteiger partial charge on any atom is 0.266 e. The van der Waals surface area contributed by atoms with Crippen LogP contribution in [0.5, 0.6) is 0 Å². The number of hydrogen-bond acceptors (Lipinski definition) is 6. The quantitative estimate of drug-likeness (QED) is 0.175. The molecule has 6 aromatic carbocycles. The minimum Gasteiger partial charge on any atom is -0.268 e. The fourth-order valence-corrected chi connectivity index (χ4v) is 7.49. The minimum atomic E-state index is -0.238. The van der Waals surface area contributed by atoms with E-state index in [2.05, 4.69) is 10.2 Å². The van der Waals surface area contributed by atoms with Crippen LogP contribution < -0.4 is 11.1 Å². The number of hydrogen-bond donors (Lipinski definition) is 0.